The summed E-state index contributed by atoms with van der Waals surface area (Å²) in [6.07, 6.45) is 0.634. The zero-order valence-corrected chi connectivity index (χ0v) is 10.5. The molecule has 1 aromatic carbocycles. The Bertz CT molecular complexity index is 401. The fraction of sp³-hybridized carbons (Fsp3) is 0.455. The van der Waals surface area contributed by atoms with Crippen LogP contribution in [0.1, 0.15) is 6.42 Å². The van der Waals surface area contributed by atoms with Crippen LogP contribution in [0.25, 0.3) is 0 Å². The molecular formula is C11H18N2O2S. The van der Waals surface area contributed by atoms with Crippen LogP contribution in [0.2, 0.25) is 0 Å². The second-order valence-electron chi connectivity index (χ2n) is 3.94. The Kier molecular flexibility index (Phi) is 4.76. The molecule has 0 heterocycles. The van der Waals surface area contributed by atoms with Gasteiger partial charge < -0.3 is 4.90 Å². The summed E-state index contributed by atoms with van der Waals surface area (Å²) < 4.78 is 25.8. The van der Waals surface area contributed by atoms with Crippen LogP contribution in [0.5, 0.6) is 0 Å². The van der Waals surface area contributed by atoms with Crippen molar-refractivity contribution in [3.8, 4) is 0 Å². The number of hydrogen-bond acceptors (Lipinski definition) is 3. The van der Waals surface area contributed by atoms with Gasteiger partial charge in [-0.2, -0.15) is 0 Å². The summed E-state index contributed by atoms with van der Waals surface area (Å²) in [5.41, 5.74) is 0.618. The highest BCUT2D eigenvalue weighted by atomic mass is 32.2. The van der Waals surface area contributed by atoms with E-state index in [1.165, 1.54) is 0 Å². The number of hydrogen-bond donors (Lipinski definition) is 1. The van der Waals surface area contributed by atoms with Crippen LogP contribution >= 0.6 is 0 Å². The minimum atomic E-state index is -3.21. The fourth-order valence-electron chi connectivity index (χ4n) is 1.31. The largest absolute Gasteiger partial charge is 0.309 e. The maximum Gasteiger partial charge on any atom is 0.232 e. The third-order valence-electron chi connectivity index (χ3n) is 2.07. The molecule has 0 saturated heterocycles. The zero-order chi connectivity index (χ0) is 12.0. The van der Waals surface area contributed by atoms with Gasteiger partial charge in [-0.1, -0.05) is 18.2 Å². The van der Waals surface area contributed by atoms with Gasteiger partial charge in [0.15, 0.2) is 0 Å². The highest BCUT2D eigenvalue weighted by molar-refractivity contribution is 7.92. The van der Waals surface area contributed by atoms with Crippen LogP contribution in [-0.2, 0) is 10.0 Å². The molecule has 0 fully saturated rings. The molecule has 0 aliphatic heterocycles. The van der Waals surface area contributed by atoms with Gasteiger partial charge in [-0.3, -0.25) is 4.72 Å². The smallest absolute Gasteiger partial charge is 0.232 e. The van der Waals surface area contributed by atoms with Crippen molar-refractivity contribution < 1.29 is 8.42 Å². The Morgan fingerprint density at radius 1 is 1.19 bits per heavy atom. The second-order valence-corrected chi connectivity index (χ2v) is 5.79. The van der Waals surface area contributed by atoms with Crippen molar-refractivity contribution in [2.45, 2.75) is 6.42 Å². The Hall–Kier alpha value is -1.07. The molecule has 0 aliphatic rings. The van der Waals surface area contributed by atoms with E-state index in [1.807, 2.05) is 25.1 Å². The molecule has 0 radical (unpaired) electrons. The first kappa shape index (κ1) is 13.0. The van der Waals surface area contributed by atoms with Crippen LogP contribution in [0.4, 0.5) is 5.69 Å². The molecule has 0 aromatic heterocycles. The summed E-state index contributed by atoms with van der Waals surface area (Å²) in [6, 6.07) is 8.94. The van der Waals surface area contributed by atoms with Gasteiger partial charge in [0, 0.05) is 5.69 Å². The molecule has 1 aromatic rings. The second kappa shape index (κ2) is 5.86. The minimum Gasteiger partial charge on any atom is -0.309 e. The maximum atomic E-state index is 11.7. The summed E-state index contributed by atoms with van der Waals surface area (Å²) in [6.45, 7) is 0.774. The van der Waals surface area contributed by atoms with Gasteiger partial charge in [0.2, 0.25) is 10.0 Å². The number of nitrogens with one attached hydrogen (secondary N) is 1. The first-order valence-corrected chi connectivity index (χ1v) is 6.85. The van der Waals surface area contributed by atoms with E-state index in [4.69, 9.17) is 0 Å². The molecule has 0 saturated carbocycles. The number of sulfonamides is 1. The Balaban J connectivity index is 2.46. The summed E-state index contributed by atoms with van der Waals surface area (Å²) in [5.74, 6) is 0.153. The fourth-order valence-corrected chi connectivity index (χ4v) is 2.41. The van der Waals surface area contributed by atoms with Crippen molar-refractivity contribution in [2.75, 3.05) is 31.1 Å². The molecule has 5 heteroatoms. The molecule has 0 bridgehead atoms. The average Bonchev–Trinajstić information content (AvgIpc) is 2.17. The van der Waals surface area contributed by atoms with Gasteiger partial charge in [0.1, 0.15) is 0 Å². The first-order chi connectivity index (χ1) is 7.49. The third kappa shape index (κ3) is 5.14. The SMILES string of the molecule is CN(C)CCCS(=O)(=O)Nc1ccccc1. The van der Waals surface area contributed by atoms with E-state index < -0.39 is 10.0 Å². The molecule has 0 aliphatic carbocycles. The summed E-state index contributed by atoms with van der Waals surface area (Å²) in [7, 11) is 0.649. The van der Waals surface area contributed by atoms with Crippen LogP contribution in [0.3, 0.4) is 0 Å². The number of anilines is 1. The number of para-hydroxylation sites is 1. The van der Waals surface area contributed by atoms with Crippen molar-refractivity contribution >= 4 is 15.7 Å². The van der Waals surface area contributed by atoms with Crippen LogP contribution in [-0.4, -0.2) is 39.7 Å². The Morgan fingerprint density at radius 2 is 1.81 bits per heavy atom. The van der Waals surface area contributed by atoms with E-state index in [-0.39, 0.29) is 5.75 Å². The van der Waals surface area contributed by atoms with Crippen LogP contribution < -0.4 is 4.72 Å². The van der Waals surface area contributed by atoms with E-state index in [0.717, 1.165) is 6.54 Å². The predicted molar refractivity (Wildman–Crippen MR) is 67.0 cm³/mol. The molecule has 0 unspecified atom stereocenters. The van der Waals surface area contributed by atoms with E-state index in [0.29, 0.717) is 12.1 Å². The van der Waals surface area contributed by atoms with Crippen molar-refractivity contribution in [1.29, 1.82) is 0 Å². The third-order valence-corrected chi connectivity index (χ3v) is 3.44. The minimum absolute atomic E-state index is 0.153. The Labute approximate surface area is 97.3 Å². The Morgan fingerprint density at radius 3 is 2.38 bits per heavy atom. The lowest BCUT2D eigenvalue weighted by Crippen LogP contribution is -2.21. The van der Waals surface area contributed by atoms with Gasteiger partial charge >= 0.3 is 0 Å². The predicted octanol–water partition coefficient (Wildman–Crippen LogP) is 1.38. The molecule has 4 nitrogen and oxygen atoms in total. The number of benzene rings is 1. The molecule has 0 amide bonds. The van der Waals surface area contributed by atoms with E-state index in [9.17, 15) is 8.42 Å². The first-order valence-electron chi connectivity index (χ1n) is 5.20. The molecule has 1 rings (SSSR count). The highest BCUT2D eigenvalue weighted by Crippen LogP contribution is 2.08. The van der Waals surface area contributed by atoms with Crippen molar-refractivity contribution in [3.63, 3.8) is 0 Å². The summed E-state index contributed by atoms with van der Waals surface area (Å²) in [4.78, 5) is 1.97. The van der Waals surface area contributed by atoms with Gasteiger partial charge in [-0.25, -0.2) is 8.42 Å². The molecule has 1 N–H and O–H groups in total. The molecule has 0 spiro atoms. The lowest BCUT2D eigenvalue weighted by molar-refractivity contribution is 0.408. The lowest BCUT2D eigenvalue weighted by Gasteiger charge is -2.10. The maximum absolute atomic E-state index is 11.7. The molecule has 0 atom stereocenters. The quantitative estimate of drug-likeness (QED) is 0.820. The molecular weight excluding hydrogens is 224 g/mol. The number of nitrogens with zero attached hydrogens (tertiary/aromatic N) is 1. The van der Waals surface area contributed by atoms with E-state index >= 15 is 0 Å². The standard InChI is InChI=1S/C11H18N2O2S/c1-13(2)9-6-10-16(14,15)12-11-7-4-3-5-8-11/h3-5,7-8,12H,6,9-10H2,1-2H3. The van der Waals surface area contributed by atoms with Gasteiger partial charge in [-0.05, 0) is 39.2 Å². The van der Waals surface area contributed by atoms with Crippen molar-refractivity contribution in [2.24, 2.45) is 0 Å². The van der Waals surface area contributed by atoms with Crippen LogP contribution in [0, 0.1) is 0 Å². The summed E-state index contributed by atoms with van der Waals surface area (Å²) >= 11 is 0. The summed E-state index contributed by atoms with van der Waals surface area (Å²) in [5, 5.41) is 0. The van der Waals surface area contributed by atoms with Gasteiger partial charge in [-0.15, -0.1) is 0 Å². The monoisotopic (exact) mass is 242 g/mol. The molecule has 16 heavy (non-hydrogen) atoms. The van der Waals surface area contributed by atoms with Gasteiger partial charge in [0.05, 0.1) is 5.75 Å². The highest BCUT2D eigenvalue weighted by Gasteiger charge is 2.09. The molecule has 90 valence electrons. The van der Waals surface area contributed by atoms with E-state index in [1.54, 1.807) is 24.3 Å². The average molecular weight is 242 g/mol. The van der Waals surface area contributed by atoms with E-state index in [2.05, 4.69) is 4.72 Å². The van der Waals surface area contributed by atoms with Gasteiger partial charge in [0.25, 0.3) is 0 Å². The van der Waals surface area contributed by atoms with Crippen LogP contribution in [0.15, 0.2) is 30.3 Å². The topological polar surface area (TPSA) is 49.4 Å². The number of rotatable bonds is 6. The lowest BCUT2D eigenvalue weighted by atomic mass is 10.3. The normalized spacial score (nSPS) is 11.7. The van der Waals surface area contributed by atoms with Crippen molar-refractivity contribution in [3.05, 3.63) is 30.3 Å². The zero-order valence-electron chi connectivity index (χ0n) is 9.68. The van der Waals surface area contributed by atoms with Crippen molar-refractivity contribution in [1.82, 2.24) is 4.90 Å².